The number of fused-ring (bicyclic) bond motifs is 1. The van der Waals surface area contributed by atoms with Crippen LogP contribution in [0.25, 0.3) is 0 Å². The molecule has 22 heavy (non-hydrogen) atoms. The van der Waals surface area contributed by atoms with Crippen molar-refractivity contribution in [3.63, 3.8) is 0 Å². The summed E-state index contributed by atoms with van der Waals surface area (Å²) >= 11 is 0. The molecule has 1 aliphatic rings. The van der Waals surface area contributed by atoms with E-state index in [4.69, 9.17) is 4.74 Å². The van der Waals surface area contributed by atoms with Crippen molar-refractivity contribution < 1.29 is 14.3 Å². The first-order valence-electron chi connectivity index (χ1n) is 7.34. The van der Waals surface area contributed by atoms with Crippen LogP contribution in [0.15, 0.2) is 18.3 Å². The normalized spacial score (nSPS) is 14.4. The maximum absolute atomic E-state index is 12.1. The van der Waals surface area contributed by atoms with Gasteiger partial charge in [0, 0.05) is 46.3 Å². The third kappa shape index (κ3) is 4.02. The van der Waals surface area contributed by atoms with Gasteiger partial charge in [0.25, 0.3) is 0 Å². The average Bonchev–Trinajstić information content (AvgIpc) is 2.93. The Balaban J connectivity index is 1.85. The van der Waals surface area contributed by atoms with E-state index in [-0.39, 0.29) is 11.7 Å². The van der Waals surface area contributed by atoms with Crippen LogP contribution >= 0.6 is 0 Å². The van der Waals surface area contributed by atoms with E-state index in [2.05, 4.69) is 10.3 Å². The zero-order chi connectivity index (χ0) is 15.9. The highest BCUT2D eigenvalue weighted by atomic mass is 16.5. The Kier molecular flexibility index (Phi) is 5.85. The van der Waals surface area contributed by atoms with Crippen LogP contribution in [0.3, 0.4) is 0 Å². The molecule has 2 rings (SSSR count). The van der Waals surface area contributed by atoms with Gasteiger partial charge in [0.2, 0.25) is 5.91 Å². The number of hydrogen-bond donors (Lipinski definition) is 1. The van der Waals surface area contributed by atoms with E-state index in [1.807, 2.05) is 4.57 Å². The van der Waals surface area contributed by atoms with E-state index in [0.29, 0.717) is 38.5 Å². The molecule has 1 N–H and O–H groups in total. The molecule has 1 aromatic rings. The van der Waals surface area contributed by atoms with Crippen molar-refractivity contribution in [3.05, 3.63) is 29.9 Å². The lowest BCUT2D eigenvalue weighted by molar-refractivity contribution is -0.127. The summed E-state index contributed by atoms with van der Waals surface area (Å²) in [6.07, 6.45) is 4.96. The first-order valence-corrected chi connectivity index (χ1v) is 7.34. The SMILES string of the molecule is COCCNC/C=C/C(=O)N1CCn2c(C(C)=O)cnc2C1. The standard InChI is InChI=1S/C15H22N4O3/c1-12(20)13-10-17-14-11-18(7-8-19(13)14)15(21)4-3-5-16-6-9-22-2/h3-4,10,16H,5-9,11H2,1-2H3/b4-3+. The number of imidazole rings is 1. The molecule has 0 radical (unpaired) electrons. The van der Waals surface area contributed by atoms with Crippen molar-refractivity contribution in [1.82, 2.24) is 19.8 Å². The largest absolute Gasteiger partial charge is 0.383 e. The minimum atomic E-state index is -0.0350. The van der Waals surface area contributed by atoms with Gasteiger partial charge in [0.05, 0.1) is 19.3 Å². The van der Waals surface area contributed by atoms with Gasteiger partial charge in [-0.3, -0.25) is 9.59 Å². The van der Waals surface area contributed by atoms with Gasteiger partial charge in [-0.15, -0.1) is 0 Å². The fourth-order valence-corrected chi connectivity index (χ4v) is 2.35. The minimum absolute atomic E-state index is 0.000514. The smallest absolute Gasteiger partial charge is 0.246 e. The molecule has 0 bridgehead atoms. The van der Waals surface area contributed by atoms with Crippen LogP contribution in [0.4, 0.5) is 0 Å². The Morgan fingerprint density at radius 2 is 2.27 bits per heavy atom. The van der Waals surface area contributed by atoms with Gasteiger partial charge in [0.1, 0.15) is 11.5 Å². The molecule has 1 aromatic heterocycles. The van der Waals surface area contributed by atoms with Gasteiger partial charge < -0.3 is 19.5 Å². The first-order chi connectivity index (χ1) is 10.6. The topological polar surface area (TPSA) is 76.5 Å². The Bertz CT molecular complexity index is 565. The number of amides is 1. The first kappa shape index (κ1) is 16.4. The predicted molar refractivity (Wildman–Crippen MR) is 81.5 cm³/mol. The summed E-state index contributed by atoms with van der Waals surface area (Å²) in [7, 11) is 1.65. The molecule has 0 unspecified atom stereocenters. The molecule has 0 saturated heterocycles. The second-order valence-corrected chi connectivity index (χ2v) is 5.13. The van der Waals surface area contributed by atoms with Crippen LogP contribution in [0.2, 0.25) is 0 Å². The minimum Gasteiger partial charge on any atom is -0.383 e. The lowest BCUT2D eigenvalue weighted by atomic mass is 10.3. The highest BCUT2D eigenvalue weighted by Crippen LogP contribution is 2.15. The molecule has 0 aliphatic carbocycles. The predicted octanol–water partition coefficient (Wildman–Crippen LogP) is 0.220. The van der Waals surface area contributed by atoms with Crippen molar-refractivity contribution in [2.24, 2.45) is 0 Å². The number of ether oxygens (including phenoxy) is 1. The van der Waals surface area contributed by atoms with Crippen LogP contribution in [0, 0.1) is 0 Å². The van der Waals surface area contributed by atoms with Crippen LogP contribution in [0.1, 0.15) is 23.2 Å². The molecule has 0 saturated carbocycles. The van der Waals surface area contributed by atoms with Crippen molar-refractivity contribution in [2.45, 2.75) is 20.0 Å². The van der Waals surface area contributed by atoms with Crippen molar-refractivity contribution in [1.29, 1.82) is 0 Å². The zero-order valence-corrected chi connectivity index (χ0v) is 13.0. The van der Waals surface area contributed by atoms with E-state index in [1.165, 1.54) is 6.92 Å². The van der Waals surface area contributed by atoms with Gasteiger partial charge in [0.15, 0.2) is 5.78 Å². The van der Waals surface area contributed by atoms with E-state index in [0.717, 1.165) is 12.4 Å². The fraction of sp³-hybridized carbons (Fsp3) is 0.533. The highest BCUT2D eigenvalue weighted by molar-refractivity contribution is 5.92. The Hall–Kier alpha value is -1.99. The summed E-state index contributed by atoms with van der Waals surface area (Å²) in [6, 6.07) is 0. The molecule has 0 spiro atoms. The number of methoxy groups -OCH3 is 1. The van der Waals surface area contributed by atoms with Gasteiger partial charge in [-0.1, -0.05) is 6.08 Å². The van der Waals surface area contributed by atoms with Gasteiger partial charge in [-0.2, -0.15) is 0 Å². The van der Waals surface area contributed by atoms with Gasteiger partial charge in [-0.05, 0) is 0 Å². The van der Waals surface area contributed by atoms with E-state index in [9.17, 15) is 9.59 Å². The zero-order valence-electron chi connectivity index (χ0n) is 13.0. The third-order valence-corrected chi connectivity index (χ3v) is 3.54. The molecule has 1 aliphatic heterocycles. The molecule has 2 heterocycles. The lowest BCUT2D eigenvalue weighted by Crippen LogP contribution is -2.38. The molecule has 0 atom stereocenters. The summed E-state index contributed by atoms with van der Waals surface area (Å²) in [5, 5.41) is 3.14. The molecular formula is C15H22N4O3. The molecule has 120 valence electrons. The molecule has 0 fully saturated rings. The average molecular weight is 306 g/mol. The van der Waals surface area contributed by atoms with Crippen LogP contribution in [-0.2, 0) is 22.6 Å². The number of nitrogens with one attached hydrogen (secondary N) is 1. The van der Waals surface area contributed by atoms with E-state index < -0.39 is 0 Å². The van der Waals surface area contributed by atoms with Crippen molar-refractivity contribution >= 4 is 11.7 Å². The summed E-state index contributed by atoms with van der Waals surface area (Å²) < 4.78 is 6.81. The molecule has 1 amide bonds. The van der Waals surface area contributed by atoms with Crippen LogP contribution < -0.4 is 5.32 Å². The summed E-state index contributed by atoms with van der Waals surface area (Å²) in [6.45, 7) is 5.19. The van der Waals surface area contributed by atoms with Gasteiger partial charge >= 0.3 is 0 Å². The quantitative estimate of drug-likeness (QED) is 0.443. The van der Waals surface area contributed by atoms with Crippen molar-refractivity contribution in [3.8, 4) is 0 Å². The van der Waals surface area contributed by atoms with E-state index >= 15 is 0 Å². The summed E-state index contributed by atoms with van der Waals surface area (Å²) in [4.78, 5) is 29.6. The van der Waals surface area contributed by atoms with Crippen LogP contribution in [-0.4, -0.2) is 59.5 Å². The highest BCUT2D eigenvalue weighted by Gasteiger charge is 2.23. The number of Topliss-reactive ketones (excluding diaryl/α,β-unsaturated/α-hetero) is 1. The Morgan fingerprint density at radius 1 is 1.45 bits per heavy atom. The molecule has 7 nitrogen and oxygen atoms in total. The molecule has 0 aromatic carbocycles. The maximum Gasteiger partial charge on any atom is 0.246 e. The molecule has 7 heteroatoms. The van der Waals surface area contributed by atoms with E-state index in [1.54, 1.807) is 30.4 Å². The number of hydrogen-bond acceptors (Lipinski definition) is 5. The Labute approximate surface area is 130 Å². The maximum atomic E-state index is 12.1. The second kappa shape index (κ2) is 7.86. The number of ketones is 1. The second-order valence-electron chi connectivity index (χ2n) is 5.13. The number of carbonyl (C=O) groups excluding carboxylic acids is 2. The number of nitrogens with zero attached hydrogens (tertiary/aromatic N) is 3. The van der Waals surface area contributed by atoms with Crippen molar-refractivity contribution in [2.75, 3.05) is 33.4 Å². The number of rotatable bonds is 7. The lowest BCUT2D eigenvalue weighted by Gasteiger charge is -2.27. The number of aromatic nitrogens is 2. The Morgan fingerprint density at radius 3 is 3.00 bits per heavy atom. The summed E-state index contributed by atoms with van der Waals surface area (Å²) in [5.41, 5.74) is 0.611. The fourth-order valence-electron chi connectivity index (χ4n) is 2.35. The third-order valence-electron chi connectivity index (χ3n) is 3.54. The monoisotopic (exact) mass is 306 g/mol. The number of carbonyl (C=O) groups is 2. The van der Waals surface area contributed by atoms with Crippen LogP contribution in [0.5, 0.6) is 0 Å². The molecular weight excluding hydrogens is 284 g/mol. The van der Waals surface area contributed by atoms with Gasteiger partial charge in [-0.25, -0.2) is 4.98 Å². The summed E-state index contributed by atoms with van der Waals surface area (Å²) in [5.74, 6) is 0.726.